The van der Waals surface area contributed by atoms with Gasteiger partial charge in [0.25, 0.3) is 0 Å². The molecule has 2 heterocycles. The summed E-state index contributed by atoms with van der Waals surface area (Å²) in [6.45, 7) is 4.03. The van der Waals surface area contributed by atoms with E-state index in [1.54, 1.807) is 13.3 Å². The van der Waals surface area contributed by atoms with Gasteiger partial charge in [-0.15, -0.1) is 0 Å². The number of aromatic amines is 1. The van der Waals surface area contributed by atoms with Crippen LogP contribution in [0.1, 0.15) is 88.6 Å². The van der Waals surface area contributed by atoms with Crippen molar-refractivity contribution in [2.24, 2.45) is 16.3 Å². The molecule has 1 atom stereocenters. The van der Waals surface area contributed by atoms with Crippen LogP contribution in [0, 0.1) is 11.3 Å². The molecular formula is C29H42N6O2. The number of aliphatic imine (C=N–C) groups is 1. The van der Waals surface area contributed by atoms with Crippen LogP contribution < -0.4 is 16.4 Å². The Morgan fingerprint density at radius 3 is 2.76 bits per heavy atom. The Labute approximate surface area is 220 Å². The summed E-state index contributed by atoms with van der Waals surface area (Å²) in [5.41, 5.74) is 9.83. The largest absolute Gasteiger partial charge is 0.398 e. The molecule has 37 heavy (non-hydrogen) atoms. The fraction of sp³-hybridized carbons (Fsp3) is 0.586. The maximum atomic E-state index is 13.2. The van der Waals surface area contributed by atoms with Crippen molar-refractivity contribution in [2.75, 3.05) is 25.9 Å². The zero-order valence-electron chi connectivity index (χ0n) is 22.3. The summed E-state index contributed by atoms with van der Waals surface area (Å²) in [6, 6.07) is 5.64. The van der Waals surface area contributed by atoms with E-state index in [9.17, 15) is 9.59 Å². The summed E-state index contributed by atoms with van der Waals surface area (Å²) >= 11 is 0. The first kappa shape index (κ1) is 27.0. The second-order valence-electron chi connectivity index (χ2n) is 10.8. The van der Waals surface area contributed by atoms with E-state index in [1.165, 1.54) is 12.8 Å². The number of benzene rings is 1. The lowest BCUT2D eigenvalue weighted by Crippen LogP contribution is -2.50. The van der Waals surface area contributed by atoms with Gasteiger partial charge in [0.05, 0.1) is 17.9 Å². The number of H-pyrrole nitrogens is 1. The quantitative estimate of drug-likeness (QED) is 0.191. The first-order valence-electron chi connectivity index (χ1n) is 13.8. The Hall–Kier alpha value is -3.00. The molecule has 1 amide bonds. The van der Waals surface area contributed by atoms with Crippen molar-refractivity contribution in [3.05, 3.63) is 35.8 Å². The highest BCUT2D eigenvalue weighted by atomic mass is 16.2. The first-order valence-corrected chi connectivity index (χ1v) is 13.8. The van der Waals surface area contributed by atoms with Crippen molar-refractivity contribution in [1.82, 2.24) is 20.6 Å². The second-order valence-corrected chi connectivity index (χ2v) is 10.8. The Balaban J connectivity index is 1.43. The molecule has 1 aromatic carbocycles. The number of ketones is 1. The van der Waals surface area contributed by atoms with Crippen molar-refractivity contribution in [1.29, 1.82) is 0 Å². The molecule has 4 rings (SSSR count). The van der Waals surface area contributed by atoms with Gasteiger partial charge in [-0.2, -0.15) is 0 Å². The lowest BCUT2D eigenvalue weighted by atomic mass is 9.57. The Kier molecular flexibility index (Phi) is 9.14. The number of aromatic nitrogens is 2. The van der Waals surface area contributed by atoms with Crippen molar-refractivity contribution >= 4 is 23.6 Å². The Morgan fingerprint density at radius 1 is 1.24 bits per heavy atom. The maximum Gasteiger partial charge on any atom is 0.223 e. The van der Waals surface area contributed by atoms with Crippen LogP contribution in [0.25, 0.3) is 11.3 Å². The number of carbonyl (C=O) groups is 2. The zero-order chi connectivity index (χ0) is 26.3. The molecule has 1 saturated carbocycles. The molecule has 8 heteroatoms. The van der Waals surface area contributed by atoms with Gasteiger partial charge in [-0.1, -0.05) is 25.8 Å². The monoisotopic (exact) mass is 506 g/mol. The third kappa shape index (κ3) is 6.86. The number of nitrogens with one attached hydrogen (secondary N) is 3. The molecule has 2 aliphatic rings. The van der Waals surface area contributed by atoms with Gasteiger partial charge >= 0.3 is 0 Å². The van der Waals surface area contributed by atoms with Crippen LogP contribution in [0.3, 0.4) is 0 Å². The van der Waals surface area contributed by atoms with E-state index >= 15 is 0 Å². The van der Waals surface area contributed by atoms with Crippen molar-refractivity contribution in [3.8, 4) is 11.3 Å². The molecule has 0 radical (unpaired) electrons. The van der Waals surface area contributed by atoms with Gasteiger partial charge in [-0.25, -0.2) is 4.98 Å². The Morgan fingerprint density at radius 2 is 2.03 bits per heavy atom. The Bertz CT molecular complexity index is 1090. The smallest absolute Gasteiger partial charge is 0.223 e. The summed E-state index contributed by atoms with van der Waals surface area (Å²) < 4.78 is 0. The van der Waals surface area contributed by atoms with E-state index in [1.807, 2.05) is 31.3 Å². The van der Waals surface area contributed by atoms with Gasteiger partial charge < -0.3 is 21.4 Å². The highest BCUT2D eigenvalue weighted by molar-refractivity contribution is 5.89. The molecule has 2 fully saturated rings. The molecule has 1 spiro atoms. The standard InChI is InChI=1S/C29H42N6O2/c1-3-23(36)7-5-4-6-8-25(35-28(37)22-16-29(17-22)11-13-32-14-12-29)27-33-19-26(34-27)20-9-10-24(30)21(15-20)18-31-2/h9-10,15,18-19,22,25,32H,3-8,11-14,16-17,30H2,1-2H3,(H,33,34)(H,35,37)/t25-/m0/s1. The van der Waals surface area contributed by atoms with Crippen LogP contribution in [0.5, 0.6) is 0 Å². The molecule has 0 unspecified atom stereocenters. The molecule has 1 aliphatic heterocycles. The van der Waals surface area contributed by atoms with Crippen molar-refractivity contribution in [2.45, 2.75) is 77.2 Å². The molecule has 2 aromatic rings. The van der Waals surface area contributed by atoms with Crippen LogP contribution >= 0.6 is 0 Å². The van der Waals surface area contributed by atoms with Gasteiger partial charge in [0.15, 0.2) is 0 Å². The molecule has 5 N–H and O–H groups in total. The average molecular weight is 507 g/mol. The van der Waals surface area contributed by atoms with Crippen LogP contribution in [0.15, 0.2) is 29.4 Å². The molecule has 8 nitrogen and oxygen atoms in total. The van der Waals surface area contributed by atoms with Gasteiger partial charge in [0.2, 0.25) is 5.91 Å². The van der Waals surface area contributed by atoms with Crippen molar-refractivity contribution < 1.29 is 9.59 Å². The number of nitrogens with zero attached hydrogens (tertiary/aromatic N) is 2. The molecule has 1 aromatic heterocycles. The van der Waals surface area contributed by atoms with Crippen LogP contribution in [-0.2, 0) is 9.59 Å². The molecule has 1 aliphatic carbocycles. The number of piperidine rings is 1. The number of hydrogen-bond donors (Lipinski definition) is 4. The third-order valence-electron chi connectivity index (χ3n) is 8.14. The molecule has 1 saturated heterocycles. The normalized spacial score (nSPS) is 18.1. The minimum absolute atomic E-state index is 0.0881. The van der Waals surface area contributed by atoms with Crippen LogP contribution in [-0.4, -0.2) is 48.0 Å². The fourth-order valence-electron chi connectivity index (χ4n) is 5.78. The number of amides is 1. The number of rotatable bonds is 12. The number of nitrogen functional groups attached to an aromatic ring is 1. The SMILES string of the molecule is CCC(=O)CCCCC[C@H](NC(=O)C1CC2(CCNCC2)C1)c1ncc(-c2ccc(N)c(C=NC)c2)[nH]1. The number of nitrogens with two attached hydrogens (primary N) is 1. The zero-order valence-corrected chi connectivity index (χ0v) is 22.3. The van der Waals surface area contributed by atoms with E-state index in [0.29, 0.717) is 29.7 Å². The van der Waals surface area contributed by atoms with E-state index in [4.69, 9.17) is 5.73 Å². The fourth-order valence-corrected chi connectivity index (χ4v) is 5.78. The maximum absolute atomic E-state index is 13.2. The highest BCUT2D eigenvalue weighted by Gasteiger charge is 2.47. The van der Waals surface area contributed by atoms with Gasteiger partial charge in [-0.3, -0.25) is 14.6 Å². The summed E-state index contributed by atoms with van der Waals surface area (Å²) in [7, 11) is 1.72. The number of Topliss-reactive ketones (excluding diaryl/α,β-unsaturated/α-hetero) is 1. The van der Waals surface area contributed by atoms with Crippen LogP contribution in [0.2, 0.25) is 0 Å². The average Bonchev–Trinajstić information content (AvgIpc) is 3.38. The summed E-state index contributed by atoms with van der Waals surface area (Å²) in [5, 5.41) is 6.75. The van der Waals surface area contributed by atoms with Crippen molar-refractivity contribution in [3.63, 3.8) is 0 Å². The lowest BCUT2D eigenvalue weighted by molar-refractivity contribution is -0.134. The number of carbonyl (C=O) groups excluding carboxylic acids is 2. The van der Waals surface area contributed by atoms with Gasteiger partial charge in [0.1, 0.15) is 11.6 Å². The number of unbranched alkanes of at least 4 members (excludes halogenated alkanes) is 2. The predicted molar refractivity (Wildman–Crippen MR) is 148 cm³/mol. The van der Waals surface area contributed by atoms with Gasteiger partial charge in [-0.05, 0) is 69.2 Å². The highest BCUT2D eigenvalue weighted by Crippen LogP contribution is 2.51. The number of anilines is 1. The third-order valence-corrected chi connectivity index (χ3v) is 8.14. The summed E-state index contributed by atoms with van der Waals surface area (Å²) in [4.78, 5) is 37.1. The second kappa shape index (κ2) is 12.5. The minimum atomic E-state index is -0.182. The topological polar surface area (TPSA) is 125 Å². The predicted octanol–water partition coefficient (Wildman–Crippen LogP) is 4.57. The summed E-state index contributed by atoms with van der Waals surface area (Å²) in [5.74, 6) is 1.31. The summed E-state index contributed by atoms with van der Waals surface area (Å²) in [6.07, 6.45) is 12.7. The molecular weight excluding hydrogens is 464 g/mol. The molecule has 200 valence electrons. The van der Waals surface area contributed by atoms with Crippen LogP contribution in [0.4, 0.5) is 5.69 Å². The van der Waals surface area contributed by atoms with E-state index in [-0.39, 0.29) is 17.9 Å². The minimum Gasteiger partial charge on any atom is -0.398 e. The van der Waals surface area contributed by atoms with E-state index in [0.717, 1.165) is 74.3 Å². The van der Waals surface area contributed by atoms with E-state index in [2.05, 4.69) is 25.6 Å². The van der Waals surface area contributed by atoms with E-state index < -0.39 is 0 Å². The number of hydrogen-bond acceptors (Lipinski definition) is 6. The lowest BCUT2D eigenvalue weighted by Gasteiger charge is -2.49. The number of imidazole rings is 1. The molecule has 0 bridgehead atoms. The van der Waals surface area contributed by atoms with Gasteiger partial charge in [0, 0.05) is 48.8 Å². The first-order chi connectivity index (χ1) is 17.9.